The minimum absolute atomic E-state index is 0.127. The van der Waals surface area contributed by atoms with E-state index in [9.17, 15) is 9.59 Å². The van der Waals surface area contributed by atoms with Gasteiger partial charge in [0.15, 0.2) is 0 Å². The van der Waals surface area contributed by atoms with Gasteiger partial charge in [-0.25, -0.2) is 0 Å². The molecule has 0 spiro atoms. The van der Waals surface area contributed by atoms with Gasteiger partial charge in [0.2, 0.25) is 5.91 Å². The summed E-state index contributed by atoms with van der Waals surface area (Å²) >= 11 is 17.8. The Morgan fingerprint density at radius 2 is 1.67 bits per heavy atom. The Balaban J connectivity index is 1.75. The van der Waals surface area contributed by atoms with Gasteiger partial charge in [0, 0.05) is 16.6 Å². The van der Waals surface area contributed by atoms with E-state index in [1.165, 1.54) is 0 Å². The second-order valence-corrected chi connectivity index (χ2v) is 6.25. The van der Waals surface area contributed by atoms with Crippen molar-refractivity contribution in [1.82, 2.24) is 10.6 Å². The van der Waals surface area contributed by atoms with Crippen LogP contribution in [0.5, 0.6) is 0 Å². The molecule has 2 rings (SSSR count). The summed E-state index contributed by atoms with van der Waals surface area (Å²) in [6.45, 7) is 0.278. The molecule has 0 atom stereocenters. The second-order valence-electron chi connectivity index (χ2n) is 5.00. The quantitative estimate of drug-likeness (QED) is 0.796. The van der Waals surface area contributed by atoms with E-state index < -0.39 is 5.91 Å². The predicted molar refractivity (Wildman–Crippen MR) is 97.0 cm³/mol. The van der Waals surface area contributed by atoms with E-state index in [1.54, 1.807) is 36.4 Å². The van der Waals surface area contributed by atoms with Gasteiger partial charge in [0.1, 0.15) is 0 Å². The maximum atomic E-state index is 11.9. The van der Waals surface area contributed by atoms with Crippen molar-refractivity contribution in [3.05, 3.63) is 68.7 Å². The highest BCUT2D eigenvalue weighted by Gasteiger charge is 2.11. The maximum Gasteiger partial charge on any atom is 0.253 e. The summed E-state index contributed by atoms with van der Waals surface area (Å²) in [5, 5.41) is 6.71. The van der Waals surface area contributed by atoms with Gasteiger partial charge >= 0.3 is 0 Å². The van der Waals surface area contributed by atoms with Gasteiger partial charge < -0.3 is 10.6 Å². The lowest BCUT2D eigenvalue weighted by molar-refractivity contribution is -0.120. The van der Waals surface area contributed by atoms with Crippen LogP contribution in [0.15, 0.2) is 42.5 Å². The van der Waals surface area contributed by atoms with E-state index in [-0.39, 0.29) is 12.5 Å². The van der Waals surface area contributed by atoms with E-state index in [2.05, 4.69) is 10.6 Å². The van der Waals surface area contributed by atoms with E-state index >= 15 is 0 Å². The minimum atomic E-state index is -0.392. The lowest BCUT2D eigenvalue weighted by Gasteiger charge is -2.09. The first kappa shape index (κ1) is 18.6. The Bertz CT molecular complexity index is 750. The second kappa shape index (κ2) is 8.92. The molecule has 0 saturated heterocycles. The smallest absolute Gasteiger partial charge is 0.253 e. The lowest BCUT2D eigenvalue weighted by Crippen LogP contribution is -2.37. The zero-order chi connectivity index (χ0) is 17.5. The largest absolute Gasteiger partial charge is 0.354 e. The number of carbonyl (C=O) groups excluding carboxylic acids is 2. The first-order chi connectivity index (χ1) is 11.5. The van der Waals surface area contributed by atoms with Crippen LogP contribution in [-0.2, 0) is 11.2 Å². The van der Waals surface area contributed by atoms with E-state index in [0.29, 0.717) is 33.6 Å². The van der Waals surface area contributed by atoms with Gasteiger partial charge in [-0.3, -0.25) is 9.59 Å². The molecule has 0 aliphatic heterocycles. The molecule has 24 heavy (non-hydrogen) atoms. The van der Waals surface area contributed by atoms with Gasteiger partial charge in [-0.1, -0.05) is 53.0 Å². The molecular formula is C17H15Cl3N2O2. The van der Waals surface area contributed by atoms with E-state index in [0.717, 1.165) is 5.56 Å². The van der Waals surface area contributed by atoms with Crippen molar-refractivity contribution >= 4 is 46.6 Å². The fraction of sp³-hybridized carbons (Fsp3) is 0.176. The monoisotopic (exact) mass is 384 g/mol. The molecule has 2 aromatic carbocycles. The van der Waals surface area contributed by atoms with Crippen LogP contribution in [0, 0.1) is 0 Å². The molecule has 4 nitrogen and oxygen atoms in total. The molecule has 0 heterocycles. The number of benzene rings is 2. The van der Waals surface area contributed by atoms with Gasteiger partial charge in [-0.05, 0) is 36.2 Å². The number of amides is 2. The van der Waals surface area contributed by atoms with Gasteiger partial charge in [-0.15, -0.1) is 0 Å². The molecule has 2 N–H and O–H groups in total. The van der Waals surface area contributed by atoms with Crippen molar-refractivity contribution in [2.45, 2.75) is 6.42 Å². The third-order valence-electron chi connectivity index (χ3n) is 3.26. The molecule has 7 heteroatoms. The Hall–Kier alpha value is -1.75. The number of hydrogen-bond donors (Lipinski definition) is 2. The van der Waals surface area contributed by atoms with Crippen molar-refractivity contribution in [2.24, 2.45) is 0 Å². The fourth-order valence-corrected chi connectivity index (χ4v) is 2.75. The van der Waals surface area contributed by atoms with Crippen molar-refractivity contribution in [3.63, 3.8) is 0 Å². The molecule has 0 aromatic heterocycles. The topological polar surface area (TPSA) is 58.2 Å². The Labute approximate surface area is 155 Å². The summed E-state index contributed by atoms with van der Waals surface area (Å²) in [7, 11) is 0. The number of hydrogen-bond acceptors (Lipinski definition) is 2. The van der Waals surface area contributed by atoms with E-state index in [4.69, 9.17) is 34.8 Å². The van der Waals surface area contributed by atoms with Crippen LogP contribution in [0.1, 0.15) is 15.9 Å². The molecule has 0 aliphatic carbocycles. The predicted octanol–water partition coefficient (Wildman–Crippen LogP) is 3.74. The summed E-state index contributed by atoms with van der Waals surface area (Å²) in [6, 6.07) is 11.9. The van der Waals surface area contributed by atoms with Crippen LogP contribution < -0.4 is 10.6 Å². The number of rotatable bonds is 6. The highest BCUT2D eigenvalue weighted by molar-refractivity contribution is 6.35. The average Bonchev–Trinajstić information content (AvgIpc) is 2.55. The molecule has 0 unspecified atom stereocenters. The number of halogens is 3. The van der Waals surface area contributed by atoms with Crippen LogP contribution in [0.2, 0.25) is 15.1 Å². The van der Waals surface area contributed by atoms with Crippen LogP contribution >= 0.6 is 34.8 Å². The number of carbonyl (C=O) groups is 2. The van der Waals surface area contributed by atoms with Crippen LogP contribution in [0.4, 0.5) is 0 Å². The summed E-state index contributed by atoms with van der Waals surface area (Å²) in [6.07, 6.45) is 0.570. The molecule has 2 amide bonds. The maximum absolute atomic E-state index is 11.9. The molecule has 0 bridgehead atoms. The van der Waals surface area contributed by atoms with Crippen LogP contribution in [0.25, 0.3) is 0 Å². The zero-order valence-electron chi connectivity index (χ0n) is 12.6. The SMILES string of the molecule is O=C(CNC(=O)c1ccccc1Cl)NCCc1ccc(Cl)cc1Cl. The van der Waals surface area contributed by atoms with Gasteiger partial charge in [-0.2, -0.15) is 0 Å². The normalized spacial score (nSPS) is 10.3. The highest BCUT2D eigenvalue weighted by Crippen LogP contribution is 2.21. The molecule has 0 saturated carbocycles. The Morgan fingerprint density at radius 3 is 2.38 bits per heavy atom. The van der Waals surface area contributed by atoms with Crippen LogP contribution in [-0.4, -0.2) is 24.9 Å². The van der Waals surface area contributed by atoms with Crippen molar-refractivity contribution in [1.29, 1.82) is 0 Å². The van der Waals surface area contributed by atoms with Crippen LogP contribution in [0.3, 0.4) is 0 Å². The summed E-state index contributed by atoms with van der Waals surface area (Å²) in [5.74, 6) is -0.683. The summed E-state index contributed by atoms with van der Waals surface area (Å²) in [5.41, 5.74) is 1.22. The first-order valence-electron chi connectivity index (χ1n) is 7.20. The molecule has 126 valence electrons. The molecule has 2 aromatic rings. The lowest BCUT2D eigenvalue weighted by atomic mass is 10.1. The first-order valence-corrected chi connectivity index (χ1v) is 8.34. The van der Waals surface area contributed by atoms with E-state index in [1.807, 2.05) is 6.07 Å². The standard InChI is InChI=1S/C17H15Cl3N2O2/c18-12-6-5-11(15(20)9-12)7-8-21-16(23)10-22-17(24)13-3-1-2-4-14(13)19/h1-6,9H,7-8,10H2,(H,21,23)(H,22,24). The Morgan fingerprint density at radius 1 is 0.917 bits per heavy atom. The Kier molecular flexibility index (Phi) is 6.91. The molecule has 0 aliphatic rings. The highest BCUT2D eigenvalue weighted by atomic mass is 35.5. The fourth-order valence-electron chi connectivity index (χ4n) is 2.02. The van der Waals surface area contributed by atoms with Crippen molar-refractivity contribution in [3.8, 4) is 0 Å². The molecule has 0 radical (unpaired) electrons. The zero-order valence-corrected chi connectivity index (χ0v) is 14.9. The van der Waals surface area contributed by atoms with Gasteiger partial charge in [0.05, 0.1) is 17.1 Å². The van der Waals surface area contributed by atoms with Gasteiger partial charge in [0.25, 0.3) is 5.91 Å². The molecular weight excluding hydrogens is 371 g/mol. The third kappa shape index (κ3) is 5.41. The summed E-state index contributed by atoms with van der Waals surface area (Å²) in [4.78, 5) is 23.7. The average molecular weight is 386 g/mol. The van der Waals surface area contributed by atoms with Crippen molar-refractivity contribution < 1.29 is 9.59 Å². The van der Waals surface area contributed by atoms with Crippen molar-refractivity contribution in [2.75, 3.05) is 13.1 Å². The molecule has 0 fully saturated rings. The summed E-state index contributed by atoms with van der Waals surface area (Å²) < 4.78 is 0. The minimum Gasteiger partial charge on any atom is -0.354 e. The number of nitrogens with one attached hydrogen (secondary N) is 2. The third-order valence-corrected chi connectivity index (χ3v) is 4.18.